The van der Waals surface area contributed by atoms with Gasteiger partial charge in [0.15, 0.2) is 0 Å². The fraction of sp³-hybridized carbons (Fsp3) is 0.917. The number of rotatable bonds is 3. The second kappa shape index (κ2) is 4.72. The molecular formula is C12H22N2O2. The molecule has 0 aromatic rings. The van der Waals surface area contributed by atoms with Crippen LogP contribution >= 0.6 is 0 Å². The fourth-order valence-corrected chi connectivity index (χ4v) is 2.55. The van der Waals surface area contributed by atoms with Crippen LogP contribution in [0.1, 0.15) is 26.7 Å². The molecule has 1 N–H and O–H groups in total. The van der Waals surface area contributed by atoms with Crippen LogP contribution in [0.15, 0.2) is 0 Å². The molecule has 2 rings (SSSR count). The number of amides is 1. The summed E-state index contributed by atoms with van der Waals surface area (Å²) in [4.78, 5) is 14.2. The molecule has 0 bridgehead atoms. The summed E-state index contributed by atoms with van der Waals surface area (Å²) < 4.78 is 5.77. The summed E-state index contributed by atoms with van der Waals surface area (Å²) in [5.41, 5.74) is -0.0695. The van der Waals surface area contributed by atoms with E-state index in [1.807, 2.05) is 4.90 Å². The van der Waals surface area contributed by atoms with Crippen molar-refractivity contribution in [3.63, 3.8) is 0 Å². The number of nitrogens with zero attached hydrogens (tertiary/aromatic N) is 1. The molecule has 2 aliphatic heterocycles. The summed E-state index contributed by atoms with van der Waals surface area (Å²) in [5, 5.41) is 3.23. The molecule has 0 radical (unpaired) electrons. The number of hydrogen-bond donors (Lipinski definition) is 1. The van der Waals surface area contributed by atoms with Crippen LogP contribution in [0.4, 0.5) is 0 Å². The first-order valence-corrected chi connectivity index (χ1v) is 6.34. The van der Waals surface area contributed by atoms with Gasteiger partial charge in [0.05, 0.1) is 13.2 Å². The zero-order valence-corrected chi connectivity index (χ0v) is 10.3. The molecule has 4 heteroatoms. The monoisotopic (exact) mass is 226 g/mol. The predicted molar refractivity (Wildman–Crippen MR) is 62.2 cm³/mol. The average Bonchev–Trinajstić information content (AvgIpc) is 2.28. The van der Waals surface area contributed by atoms with E-state index in [0.717, 1.165) is 39.0 Å². The Morgan fingerprint density at radius 3 is 2.62 bits per heavy atom. The van der Waals surface area contributed by atoms with E-state index in [4.69, 9.17) is 4.74 Å². The lowest BCUT2D eigenvalue weighted by Crippen LogP contribution is -2.69. The molecule has 2 aliphatic rings. The number of hydrogen-bond acceptors (Lipinski definition) is 3. The second-order valence-corrected chi connectivity index (χ2v) is 4.91. The molecule has 0 aromatic heterocycles. The standard InChI is InChI=1S/C12H22N2O2/c1-3-10(4-2)11(15)14-5-6-16-12(9-14)7-13-8-12/h10,13H,3-9H2,1-2H3. The van der Waals surface area contributed by atoms with Crippen LogP contribution < -0.4 is 5.32 Å². The van der Waals surface area contributed by atoms with Gasteiger partial charge in [-0.05, 0) is 12.8 Å². The lowest BCUT2D eigenvalue weighted by atomic mass is 9.93. The molecule has 0 aromatic carbocycles. The second-order valence-electron chi connectivity index (χ2n) is 4.91. The Hall–Kier alpha value is -0.610. The smallest absolute Gasteiger partial charge is 0.225 e. The van der Waals surface area contributed by atoms with Crippen LogP contribution in [0.25, 0.3) is 0 Å². The Morgan fingerprint density at radius 1 is 1.44 bits per heavy atom. The molecule has 2 heterocycles. The van der Waals surface area contributed by atoms with E-state index < -0.39 is 0 Å². The molecule has 4 nitrogen and oxygen atoms in total. The molecular weight excluding hydrogens is 204 g/mol. The van der Waals surface area contributed by atoms with Gasteiger partial charge >= 0.3 is 0 Å². The highest BCUT2D eigenvalue weighted by atomic mass is 16.5. The van der Waals surface area contributed by atoms with Gasteiger partial charge in [0.25, 0.3) is 0 Å². The average molecular weight is 226 g/mol. The highest BCUT2D eigenvalue weighted by Gasteiger charge is 2.43. The zero-order chi connectivity index (χ0) is 11.6. The van der Waals surface area contributed by atoms with Crippen molar-refractivity contribution in [1.29, 1.82) is 0 Å². The quantitative estimate of drug-likeness (QED) is 0.767. The van der Waals surface area contributed by atoms with Crippen molar-refractivity contribution in [2.45, 2.75) is 32.3 Å². The van der Waals surface area contributed by atoms with Gasteiger partial charge in [-0.1, -0.05) is 13.8 Å². The first-order chi connectivity index (χ1) is 7.71. The zero-order valence-electron chi connectivity index (χ0n) is 10.3. The van der Waals surface area contributed by atoms with E-state index in [1.165, 1.54) is 0 Å². The third-order valence-electron chi connectivity index (χ3n) is 3.79. The van der Waals surface area contributed by atoms with Crippen molar-refractivity contribution >= 4 is 5.91 Å². The molecule has 16 heavy (non-hydrogen) atoms. The Bertz CT molecular complexity index is 260. The van der Waals surface area contributed by atoms with Gasteiger partial charge in [0, 0.05) is 25.6 Å². The van der Waals surface area contributed by atoms with E-state index in [-0.39, 0.29) is 11.5 Å². The summed E-state index contributed by atoms with van der Waals surface area (Å²) in [6.45, 7) is 8.18. The first-order valence-electron chi connectivity index (χ1n) is 6.34. The first kappa shape index (κ1) is 11.9. The Labute approximate surface area is 97.3 Å². The van der Waals surface area contributed by atoms with Crippen molar-refractivity contribution in [3.8, 4) is 0 Å². The van der Waals surface area contributed by atoms with Gasteiger partial charge < -0.3 is 15.0 Å². The van der Waals surface area contributed by atoms with Gasteiger partial charge in [0.2, 0.25) is 5.91 Å². The third kappa shape index (κ3) is 2.09. The molecule has 0 saturated carbocycles. The number of carbonyl (C=O) groups excluding carboxylic acids is 1. The molecule has 2 saturated heterocycles. The van der Waals surface area contributed by atoms with E-state index in [9.17, 15) is 4.79 Å². The Kier molecular flexibility index (Phi) is 3.50. The van der Waals surface area contributed by atoms with Crippen molar-refractivity contribution in [2.24, 2.45) is 5.92 Å². The van der Waals surface area contributed by atoms with Gasteiger partial charge in [0.1, 0.15) is 5.60 Å². The molecule has 0 atom stereocenters. The van der Waals surface area contributed by atoms with Crippen molar-refractivity contribution in [2.75, 3.05) is 32.8 Å². The molecule has 1 spiro atoms. The highest BCUT2D eigenvalue weighted by Crippen LogP contribution is 2.24. The van der Waals surface area contributed by atoms with E-state index in [1.54, 1.807) is 0 Å². The molecule has 0 unspecified atom stereocenters. The minimum absolute atomic E-state index is 0.0695. The summed E-state index contributed by atoms with van der Waals surface area (Å²) in [6.07, 6.45) is 1.88. The minimum Gasteiger partial charge on any atom is -0.369 e. The highest BCUT2D eigenvalue weighted by molar-refractivity contribution is 5.79. The maximum atomic E-state index is 12.2. The number of ether oxygens (including phenoxy) is 1. The summed E-state index contributed by atoms with van der Waals surface area (Å²) in [7, 11) is 0. The van der Waals surface area contributed by atoms with Crippen LogP contribution in [0.5, 0.6) is 0 Å². The largest absolute Gasteiger partial charge is 0.369 e. The predicted octanol–water partition coefficient (Wildman–Crippen LogP) is 0.623. The van der Waals surface area contributed by atoms with Crippen molar-refractivity contribution in [3.05, 3.63) is 0 Å². The number of carbonyl (C=O) groups is 1. The number of nitrogens with one attached hydrogen (secondary N) is 1. The molecule has 1 amide bonds. The topological polar surface area (TPSA) is 41.6 Å². The summed E-state index contributed by atoms with van der Waals surface area (Å²) in [5.74, 6) is 0.516. The summed E-state index contributed by atoms with van der Waals surface area (Å²) in [6, 6.07) is 0. The molecule has 0 aliphatic carbocycles. The fourth-order valence-electron chi connectivity index (χ4n) is 2.55. The lowest BCUT2D eigenvalue weighted by molar-refractivity contribution is -0.163. The van der Waals surface area contributed by atoms with Crippen LogP contribution in [-0.2, 0) is 9.53 Å². The van der Waals surface area contributed by atoms with E-state index in [2.05, 4.69) is 19.2 Å². The van der Waals surface area contributed by atoms with Crippen LogP contribution in [-0.4, -0.2) is 49.2 Å². The third-order valence-corrected chi connectivity index (χ3v) is 3.79. The van der Waals surface area contributed by atoms with Crippen LogP contribution in [0.3, 0.4) is 0 Å². The summed E-state index contributed by atoms with van der Waals surface area (Å²) >= 11 is 0. The van der Waals surface area contributed by atoms with Crippen LogP contribution in [0.2, 0.25) is 0 Å². The van der Waals surface area contributed by atoms with Gasteiger partial charge in [-0.15, -0.1) is 0 Å². The Morgan fingerprint density at radius 2 is 2.12 bits per heavy atom. The SMILES string of the molecule is CCC(CC)C(=O)N1CCOC2(CNC2)C1. The van der Waals surface area contributed by atoms with Gasteiger partial charge in [-0.2, -0.15) is 0 Å². The number of morpholine rings is 1. The Balaban J connectivity index is 1.95. The maximum absolute atomic E-state index is 12.2. The van der Waals surface area contributed by atoms with Gasteiger partial charge in [-0.25, -0.2) is 0 Å². The molecule has 92 valence electrons. The van der Waals surface area contributed by atoms with Gasteiger partial charge in [-0.3, -0.25) is 4.79 Å². The van der Waals surface area contributed by atoms with E-state index >= 15 is 0 Å². The van der Waals surface area contributed by atoms with Crippen molar-refractivity contribution in [1.82, 2.24) is 10.2 Å². The lowest BCUT2D eigenvalue weighted by Gasteiger charge is -2.49. The minimum atomic E-state index is -0.0695. The van der Waals surface area contributed by atoms with Crippen molar-refractivity contribution < 1.29 is 9.53 Å². The maximum Gasteiger partial charge on any atom is 0.225 e. The van der Waals surface area contributed by atoms with E-state index in [0.29, 0.717) is 12.5 Å². The van der Waals surface area contributed by atoms with Crippen LogP contribution in [0, 0.1) is 5.92 Å². The normalized spacial score (nSPS) is 23.6. The molecule has 2 fully saturated rings.